The molecule has 2 heteroatoms. The molecule has 1 aromatic rings. The molecule has 2 nitrogen and oxygen atoms in total. The Bertz CT molecular complexity index is 322. The van der Waals surface area contributed by atoms with Gasteiger partial charge in [-0.1, -0.05) is 23.8 Å². The maximum atomic E-state index is 9.64. The molecule has 0 fully saturated rings. The number of aliphatic hydroxyl groups excluding tert-OH is 1. The van der Waals surface area contributed by atoms with Crippen molar-refractivity contribution in [3.63, 3.8) is 0 Å². The van der Waals surface area contributed by atoms with Gasteiger partial charge in [-0.05, 0) is 25.1 Å². The normalized spacial score (nSPS) is 22.8. The zero-order valence-corrected chi connectivity index (χ0v) is 8.12. The quantitative estimate of drug-likeness (QED) is 0.645. The average molecular weight is 177 g/mol. The molecule has 0 spiro atoms. The maximum absolute atomic E-state index is 9.64. The van der Waals surface area contributed by atoms with Crippen LogP contribution in [0.3, 0.4) is 0 Å². The van der Waals surface area contributed by atoms with Crippen molar-refractivity contribution in [3.05, 3.63) is 34.9 Å². The lowest BCUT2D eigenvalue weighted by Gasteiger charge is -2.30. The van der Waals surface area contributed by atoms with Crippen molar-refractivity contribution in [1.82, 2.24) is 4.90 Å². The summed E-state index contributed by atoms with van der Waals surface area (Å²) >= 11 is 0. The number of likely N-dealkylation sites (N-methyl/N-ethyl adjacent to an activating group) is 1. The number of aryl methyl sites for hydroxylation is 1. The first-order valence-electron chi connectivity index (χ1n) is 4.63. The SMILES string of the molecule is Cc1ccc2c(c1)CC(O)N(C)C2. The van der Waals surface area contributed by atoms with Gasteiger partial charge in [0.1, 0.15) is 6.23 Å². The minimum absolute atomic E-state index is 0.311. The van der Waals surface area contributed by atoms with E-state index in [1.807, 2.05) is 11.9 Å². The molecule has 0 saturated heterocycles. The Morgan fingerprint density at radius 2 is 2.15 bits per heavy atom. The third-order valence-corrected chi connectivity index (χ3v) is 2.69. The Morgan fingerprint density at radius 3 is 2.92 bits per heavy atom. The smallest absolute Gasteiger partial charge is 0.111 e. The van der Waals surface area contributed by atoms with Crippen LogP contribution in [-0.2, 0) is 13.0 Å². The summed E-state index contributed by atoms with van der Waals surface area (Å²) in [6.07, 6.45) is 0.447. The van der Waals surface area contributed by atoms with Crippen LogP contribution in [0.5, 0.6) is 0 Å². The molecule has 1 unspecified atom stereocenters. The lowest BCUT2D eigenvalue weighted by Crippen LogP contribution is -2.37. The van der Waals surface area contributed by atoms with E-state index in [-0.39, 0.29) is 6.23 Å². The number of aliphatic hydroxyl groups is 1. The fraction of sp³-hybridized carbons (Fsp3) is 0.455. The highest BCUT2D eigenvalue weighted by Gasteiger charge is 2.20. The zero-order valence-electron chi connectivity index (χ0n) is 8.12. The van der Waals surface area contributed by atoms with E-state index in [0.29, 0.717) is 0 Å². The zero-order chi connectivity index (χ0) is 9.42. The van der Waals surface area contributed by atoms with Crippen molar-refractivity contribution < 1.29 is 5.11 Å². The Morgan fingerprint density at radius 1 is 1.38 bits per heavy atom. The van der Waals surface area contributed by atoms with Crippen LogP contribution in [0.2, 0.25) is 0 Å². The summed E-state index contributed by atoms with van der Waals surface area (Å²) in [5, 5.41) is 9.64. The first kappa shape index (κ1) is 8.73. The predicted octanol–water partition coefficient (Wildman–Crippen LogP) is 1.30. The summed E-state index contributed by atoms with van der Waals surface area (Å²) in [5.74, 6) is 0. The van der Waals surface area contributed by atoms with Crippen molar-refractivity contribution in [2.45, 2.75) is 26.1 Å². The van der Waals surface area contributed by atoms with Gasteiger partial charge in [-0.25, -0.2) is 0 Å². The van der Waals surface area contributed by atoms with Crippen LogP contribution in [0.25, 0.3) is 0 Å². The van der Waals surface area contributed by atoms with Crippen molar-refractivity contribution >= 4 is 0 Å². The van der Waals surface area contributed by atoms with E-state index < -0.39 is 0 Å². The second-order valence-electron chi connectivity index (χ2n) is 3.87. The average Bonchev–Trinajstić information content (AvgIpc) is 2.08. The lowest BCUT2D eigenvalue weighted by molar-refractivity contribution is 0.00892. The summed E-state index contributed by atoms with van der Waals surface area (Å²) in [5.41, 5.74) is 3.92. The lowest BCUT2D eigenvalue weighted by atomic mass is 9.97. The van der Waals surface area contributed by atoms with E-state index in [1.165, 1.54) is 16.7 Å². The van der Waals surface area contributed by atoms with Crippen LogP contribution < -0.4 is 0 Å². The molecule has 1 aliphatic rings. The molecule has 1 heterocycles. The highest BCUT2D eigenvalue weighted by molar-refractivity contribution is 5.33. The fourth-order valence-electron chi connectivity index (χ4n) is 1.83. The molecule has 0 amide bonds. The van der Waals surface area contributed by atoms with E-state index in [4.69, 9.17) is 0 Å². The first-order chi connectivity index (χ1) is 6.16. The minimum Gasteiger partial charge on any atom is -0.378 e. The summed E-state index contributed by atoms with van der Waals surface area (Å²) in [6, 6.07) is 6.46. The molecular formula is C11H15NO. The van der Waals surface area contributed by atoms with Crippen molar-refractivity contribution in [1.29, 1.82) is 0 Å². The van der Waals surface area contributed by atoms with Gasteiger partial charge in [0.05, 0.1) is 0 Å². The molecule has 0 aliphatic carbocycles. The number of fused-ring (bicyclic) bond motifs is 1. The molecular weight excluding hydrogens is 162 g/mol. The van der Waals surface area contributed by atoms with Crippen LogP contribution in [-0.4, -0.2) is 23.3 Å². The Kier molecular flexibility index (Phi) is 2.10. The van der Waals surface area contributed by atoms with Gasteiger partial charge in [0.25, 0.3) is 0 Å². The topological polar surface area (TPSA) is 23.5 Å². The molecule has 70 valence electrons. The van der Waals surface area contributed by atoms with Gasteiger partial charge in [-0.2, -0.15) is 0 Å². The first-order valence-corrected chi connectivity index (χ1v) is 4.63. The van der Waals surface area contributed by atoms with E-state index in [9.17, 15) is 5.11 Å². The van der Waals surface area contributed by atoms with E-state index >= 15 is 0 Å². The van der Waals surface area contributed by atoms with Gasteiger partial charge < -0.3 is 5.11 Å². The van der Waals surface area contributed by atoms with Crippen molar-refractivity contribution in [3.8, 4) is 0 Å². The second kappa shape index (κ2) is 3.13. The van der Waals surface area contributed by atoms with Gasteiger partial charge in [0.2, 0.25) is 0 Å². The molecule has 13 heavy (non-hydrogen) atoms. The number of hydrogen-bond acceptors (Lipinski definition) is 2. The molecule has 0 saturated carbocycles. The summed E-state index contributed by atoms with van der Waals surface area (Å²) in [6.45, 7) is 2.95. The Hall–Kier alpha value is -0.860. The van der Waals surface area contributed by atoms with Crippen molar-refractivity contribution in [2.75, 3.05) is 7.05 Å². The second-order valence-corrected chi connectivity index (χ2v) is 3.87. The minimum atomic E-state index is -0.311. The number of rotatable bonds is 0. The van der Waals surface area contributed by atoms with Crippen molar-refractivity contribution in [2.24, 2.45) is 0 Å². The molecule has 2 rings (SSSR count). The molecule has 0 bridgehead atoms. The summed E-state index contributed by atoms with van der Waals surface area (Å²) < 4.78 is 0. The van der Waals surface area contributed by atoms with Crippen LogP contribution >= 0.6 is 0 Å². The van der Waals surface area contributed by atoms with Gasteiger partial charge >= 0.3 is 0 Å². The molecule has 1 aromatic carbocycles. The highest BCUT2D eigenvalue weighted by atomic mass is 16.3. The number of hydrogen-bond donors (Lipinski definition) is 1. The molecule has 0 aromatic heterocycles. The summed E-state index contributed by atoms with van der Waals surface area (Å²) in [7, 11) is 1.95. The van der Waals surface area contributed by atoms with Crippen LogP contribution in [0.4, 0.5) is 0 Å². The number of nitrogens with zero attached hydrogens (tertiary/aromatic N) is 1. The largest absolute Gasteiger partial charge is 0.378 e. The monoisotopic (exact) mass is 177 g/mol. The standard InChI is InChI=1S/C11H15NO/c1-8-3-4-9-7-12(2)11(13)6-10(9)5-8/h3-5,11,13H,6-7H2,1-2H3. The summed E-state index contributed by atoms with van der Waals surface area (Å²) in [4.78, 5) is 1.97. The Balaban J connectivity index is 2.37. The van der Waals surface area contributed by atoms with Gasteiger partial charge in [0.15, 0.2) is 0 Å². The van der Waals surface area contributed by atoms with Crippen LogP contribution in [0.15, 0.2) is 18.2 Å². The maximum Gasteiger partial charge on any atom is 0.111 e. The number of benzene rings is 1. The van der Waals surface area contributed by atoms with E-state index in [2.05, 4.69) is 25.1 Å². The third kappa shape index (κ3) is 1.60. The molecule has 1 atom stereocenters. The van der Waals surface area contributed by atoms with Gasteiger partial charge in [-0.15, -0.1) is 0 Å². The van der Waals surface area contributed by atoms with Crippen LogP contribution in [0.1, 0.15) is 16.7 Å². The van der Waals surface area contributed by atoms with E-state index in [0.717, 1.165) is 13.0 Å². The predicted molar refractivity (Wildman–Crippen MR) is 52.4 cm³/mol. The molecule has 0 radical (unpaired) electrons. The Labute approximate surface area is 78.8 Å². The fourth-order valence-corrected chi connectivity index (χ4v) is 1.83. The van der Waals surface area contributed by atoms with Gasteiger partial charge in [-0.3, -0.25) is 4.90 Å². The third-order valence-electron chi connectivity index (χ3n) is 2.69. The van der Waals surface area contributed by atoms with Crippen LogP contribution in [0, 0.1) is 6.92 Å². The van der Waals surface area contributed by atoms with E-state index in [1.54, 1.807) is 0 Å². The molecule has 1 aliphatic heterocycles. The van der Waals surface area contributed by atoms with Gasteiger partial charge in [0, 0.05) is 13.0 Å². The highest BCUT2D eigenvalue weighted by Crippen LogP contribution is 2.21. The molecule has 1 N–H and O–H groups in total.